The minimum absolute atomic E-state index is 0.0927. The summed E-state index contributed by atoms with van der Waals surface area (Å²) in [7, 11) is 0. The molecule has 3 aromatic rings. The van der Waals surface area contributed by atoms with E-state index in [9.17, 15) is 4.79 Å². The molecule has 2 amide bonds. The molecular weight excluding hydrogens is 370 g/mol. The number of rotatable bonds is 2. The number of urea groups is 1. The van der Waals surface area contributed by atoms with E-state index < -0.39 is 0 Å². The molecule has 2 aromatic carbocycles. The number of hydrogen-bond donors (Lipinski definition) is 2. The van der Waals surface area contributed by atoms with E-state index in [1.165, 1.54) is 22.6 Å². The minimum atomic E-state index is -0.0927. The van der Waals surface area contributed by atoms with Gasteiger partial charge in [0, 0.05) is 36.3 Å². The Hall–Kier alpha value is -2.93. The Morgan fingerprint density at radius 1 is 1.04 bits per heavy atom. The first kappa shape index (κ1) is 17.2. The normalized spacial score (nSPS) is 17.2. The van der Waals surface area contributed by atoms with Gasteiger partial charge in [0.2, 0.25) is 5.13 Å². The molecule has 0 aliphatic carbocycles. The Labute approximate surface area is 167 Å². The van der Waals surface area contributed by atoms with E-state index in [1.807, 2.05) is 35.2 Å². The van der Waals surface area contributed by atoms with Gasteiger partial charge in [-0.25, -0.2) is 4.79 Å². The summed E-state index contributed by atoms with van der Waals surface area (Å²) in [6.07, 6.45) is 1.94. The number of likely N-dealkylation sites (tertiary alicyclic amines) is 1. The van der Waals surface area contributed by atoms with Crippen LogP contribution >= 0.6 is 11.3 Å². The van der Waals surface area contributed by atoms with Crippen molar-refractivity contribution in [1.29, 1.82) is 0 Å². The lowest BCUT2D eigenvalue weighted by atomic mass is 9.74. The molecule has 1 fully saturated rings. The van der Waals surface area contributed by atoms with Crippen LogP contribution in [-0.2, 0) is 5.41 Å². The van der Waals surface area contributed by atoms with Crippen molar-refractivity contribution in [2.75, 3.05) is 30.3 Å². The first-order valence-electron chi connectivity index (χ1n) is 9.52. The van der Waals surface area contributed by atoms with Gasteiger partial charge in [0.25, 0.3) is 0 Å². The van der Waals surface area contributed by atoms with Crippen LogP contribution in [0.1, 0.15) is 18.4 Å². The fraction of sp³-hybridized carbons (Fsp3) is 0.286. The van der Waals surface area contributed by atoms with Crippen LogP contribution in [0.3, 0.4) is 0 Å². The molecule has 0 unspecified atom stereocenters. The van der Waals surface area contributed by atoms with E-state index in [1.54, 1.807) is 0 Å². The highest BCUT2D eigenvalue weighted by Gasteiger charge is 2.42. The average Bonchev–Trinajstić information content (AvgIpc) is 3.35. The van der Waals surface area contributed by atoms with Crippen LogP contribution in [0.4, 0.5) is 15.6 Å². The number of hydrogen-bond acceptors (Lipinski definition) is 5. The lowest BCUT2D eigenvalue weighted by Gasteiger charge is -2.39. The van der Waals surface area contributed by atoms with Crippen LogP contribution in [0.5, 0.6) is 0 Å². The molecule has 2 N–H and O–H groups in total. The second kappa shape index (κ2) is 6.91. The van der Waals surface area contributed by atoms with E-state index in [0.717, 1.165) is 43.0 Å². The zero-order chi connectivity index (χ0) is 19.0. The first-order chi connectivity index (χ1) is 13.7. The van der Waals surface area contributed by atoms with Crippen LogP contribution in [-0.4, -0.2) is 40.8 Å². The summed E-state index contributed by atoms with van der Waals surface area (Å²) in [5.74, 6) is 0. The molecule has 1 spiro atoms. The SMILES string of the molecule is O=C(Nc1nnc(-c2ccccc2)s1)N1CCC2(CC1)CNc1ccccc12. The van der Waals surface area contributed by atoms with Gasteiger partial charge in [0.15, 0.2) is 0 Å². The van der Waals surface area contributed by atoms with Crippen molar-refractivity contribution in [2.45, 2.75) is 18.3 Å². The summed E-state index contributed by atoms with van der Waals surface area (Å²) in [4.78, 5) is 14.6. The summed E-state index contributed by atoms with van der Waals surface area (Å²) < 4.78 is 0. The van der Waals surface area contributed by atoms with Gasteiger partial charge in [-0.05, 0) is 24.5 Å². The number of fused-ring (bicyclic) bond motifs is 2. The average molecular weight is 392 g/mol. The lowest BCUT2D eigenvalue weighted by Crippen LogP contribution is -2.47. The highest BCUT2D eigenvalue weighted by molar-refractivity contribution is 7.18. The van der Waals surface area contributed by atoms with E-state index in [4.69, 9.17) is 0 Å². The maximum Gasteiger partial charge on any atom is 0.323 e. The summed E-state index contributed by atoms with van der Waals surface area (Å²) in [5.41, 5.74) is 3.79. The maximum absolute atomic E-state index is 12.7. The smallest absolute Gasteiger partial charge is 0.323 e. The Balaban J connectivity index is 1.23. The van der Waals surface area contributed by atoms with Crippen molar-refractivity contribution in [1.82, 2.24) is 15.1 Å². The monoisotopic (exact) mass is 391 g/mol. The lowest BCUT2D eigenvalue weighted by molar-refractivity contribution is 0.174. The van der Waals surface area contributed by atoms with Crippen LogP contribution in [0.25, 0.3) is 10.6 Å². The molecule has 5 rings (SSSR count). The molecule has 2 aliphatic rings. The van der Waals surface area contributed by atoms with Gasteiger partial charge in [-0.3, -0.25) is 5.32 Å². The predicted molar refractivity (Wildman–Crippen MR) is 112 cm³/mol. The summed E-state index contributed by atoms with van der Waals surface area (Å²) >= 11 is 1.40. The molecule has 142 valence electrons. The topological polar surface area (TPSA) is 70.2 Å². The standard InChI is InChI=1S/C21H21N5OS/c27-20(23-19-25-24-18(28-19)15-6-2-1-3-7-15)26-12-10-21(11-13-26)14-22-17-9-5-4-8-16(17)21/h1-9,22H,10-14H2,(H,23,25,27). The van der Waals surface area contributed by atoms with Gasteiger partial charge in [0.05, 0.1) is 0 Å². The molecule has 6 nitrogen and oxygen atoms in total. The second-order valence-corrected chi connectivity index (χ2v) is 8.35. The van der Waals surface area contributed by atoms with Crippen molar-refractivity contribution in [3.05, 3.63) is 60.2 Å². The fourth-order valence-corrected chi connectivity index (χ4v) is 4.92. The summed E-state index contributed by atoms with van der Waals surface area (Å²) in [5, 5.41) is 16.1. The molecular formula is C21H21N5OS. The van der Waals surface area contributed by atoms with Gasteiger partial charge in [-0.1, -0.05) is 59.9 Å². The molecule has 2 aliphatic heterocycles. The maximum atomic E-state index is 12.7. The highest BCUT2D eigenvalue weighted by Crippen LogP contribution is 2.43. The second-order valence-electron chi connectivity index (χ2n) is 7.38. The number of benzene rings is 2. The van der Waals surface area contributed by atoms with E-state index in [2.05, 4.69) is 45.1 Å². The van der Waals surface area contributed by atoms with Crippen molar-refractivity contribution < 1.29 is 4.79 Å². The molecule has 28 heavy (non-hydrogen) atoms. The Morgan fingerprint density at radius 3 is 2.61 bits per heavy atom. The number of carbonyl (C=O) groups excluding carboxylic acids is 1. The molecule has 0 saturated carbocycles. The molecule has 7 heteroatoms. The molecule has 1 aromatic heterocycles. The number of nitrogens with one attached hydrogen (secondary N) is 2. The van der Waals surface area contributed by atoms with Crippen LogP contribution in [0.2, 0.25) is 0 Å². The molecule has 0 bridgehead atoms. The van der Waals surface area contributed by atoms with Crippen LogP contribution < -0.4 is 10.6 Å². The third-order valence-electron chi connectivity index (χ3n) is 5.78. The zero-order valence-corrected chi connectivity index (χ0v) is 16.2. The molecule has 0 radical (unpaired) electrons. The van der Waals surface area contributed by atoms with Gasteiger partial charge in [-0.2, -0.15) is 0 Å². The molecule has 1 saturated heterocycles. The van der Waals surface area contributed by atoms with Gasteiger partial charge < -0.3 is 10.2 Å². The van der Waals surface area contributed by atoms with E-state index in [-0.39, 0.29) is 11.4 Å². The number of aromatic nitrogens is 2. The first-order valence-corrected chi connectivity index (χ1v) is 10.3. The fourth-order valence-electron chi connectivity index (χ4n) is 4.18. The van der Waals surface area contributed by atoms with Crippen molar-refractivity contribution in [2.24, 2.45) is 0 Å². The Kier molecular flexibility index (Phi) is 4.24. The zero-order valence-electron chi connectivity index (χ0n) is 15.4. The Morgan fingerprint density at radius 2 is 1.79 bits per heavy atom. The molecule has 0 atom stereocenters. The van der Waals surface area contributed by atoms with Gasteiger partial charge in [0.1, 0.15) is 5.01 Å². The number of piperidine rings is 1. The van der Waals surface area contributed by atoms with Gasteiger partial charge in [-0.15, -0.1) is 10.2 Å². The minimum Gasteiger partial charge on any atom is -0.384 e. The third kappa shape index (κ3) is 3.01. The quantitative estimate of drug-likeness (QED) is 0.687. The van der Waals surface area contributed by atoms with Crippen molar-refractivity contribution >= 4 is 28.2 Å². The van der Waals surface area contributed by atoms with Crippen LogP contribution in [0.15, 0.2) is 54.6 Å². The van der Waals surface area contributed by atoms with Crippen molar-refractivity contribution in [3.8, 4) is 10.6 Å². The van der Waals surface area contributed by atoms with Crippen molar-refractivity contribution in [3.63, 3.8) is 0 Å². The number of anilines is 2. The number of nitrogens with zero attached hydrogens (tertiary/aromatic N) is 3. The number of carbonyl (C=O) groups is 1. The highest BCUT2D eigenvalue weighted by atomic mass is 32.1. The van der Waals surface area contributed by atoms with E-state index in [0.29, 0.717) is 5.13 Å². The van der Waals surface area contributed by atoms with E-state index >= 15 is 0 Å². The number of para-hydroxylation sites is 1. The largest absolute Gasteiger partial charge is 0.384 e. The van der Waals surface area contributed by atoms with Crippen LogP contribution in [0, 0.1) is 0 Å². The predicted octanol–water partition coefficient (Wildman–Crippen LogP) is 4.20. The number of amides is 2. The third-order valence-corrected chi connectivity index (χ3v) is 6.67. The summed E-state index contributed by atoms with van der Waals surface area (Å²) in [6.45, 7) is 2.44. The summed E-state index contributed by atoms with van der Waals surface area (Å²) in [6, 6.07) is 18.3. The molecule has 3 heterocycles. The van der Waals surface area contributed by atoms with Gasteiger partial charge >= 0.3 is 6.03 Å². The Bertz CT molecular complexity index is 995.